The number of rotatable bonds is 3. The van der Waals surface area contributed by atoms with E-state index in [0.29, 0.717) is 0 Å². The van der Waals surface area contributed by atoms with Crippen LogP contribution in [0, 0.1) is 12.3 Å². The Balaban J connectivity index is 2.18. The monoisotopic (exact) mass is 248 g/mol. The Morgan fingerprint density at radius 3 is 2.50 bits per heavy atom. The number of methoxy groups -OCH3 is 1. The minimum Gasteiger partial charge on any atom is -0.496 e. The Kier molecular flexibility index (Phi) is 4.25. The Morgan fingerprint density at radius 1 is 1.22 bits per heavy atom. The van der Waals surface area contributed by atoms with Gasteiger partial charge in [0.1, 0.15) is 5.75 Å². The molecule has 1 saturated heterocycles. The maximum atomic E-state index is 5.48. The molecular weight excluding hydrogens is 224 g/mol. The molecule has 1 aromatic rings. The van der Waals surface area contributed by atoms with Crippen LogP contribution >= 0.6 is 0 Å². The zero-order chi connectivity index (χ0) is 13.0. The largest absolute Gasteiger partial charge is 0.496 e. The molecule has 0 atom stereocenters. The molecule has 1 aliphatic rings. The molecule has 0 bridgehead atoms. The summed E-state index contributed by atoms with van der Waals surface area (Å²) in [6.45, 7) is 8.68. The highest BCUT2D eigenvalue weighted by molar-refractivity contribution is 5.37. The zero-order valence-electron chi connectivity index (χ0n) is 11.7. The number of nitrogens with one attached hydrogen (secondary N) is 2. The average Bonchev–Trinajstić information content (AvgIpc) is 2.54. The van der Waals surface area contributed by atoms with E-state index in [1.54, 1.807) is 7.11 Å². The highest BCUT2D eigenvalue weighted by Gasteiger charge is 2.27. The summed E-state index contributed by atoms with van der Waals surface area (Å²) >= 11 is 0. The van der Waals surface area contributed by atoms with E-state index in [1.807, 2.05) is 0 Å². The Labute approximate surface area is 110 Å². The van der Waals surface area contributed by atoms with Crippen molar-refractivity contribution >= 4 is 0 Å². The second-order valence-corrected chi connectivity index (χ2v) is 5.66. The second-order valence-electron chi connectivity index (χ2n) is 5.66. The summed E-state index contributed by atoms with van der Waals surface area (Å²) in [6.07, 6.45) is 1.04. The Morgan fingerprint density at radius 2 is 1.89 bits per heavy atom. The fraction of sp³-hybridized carbons (Fsp3) is 0.600. The molecule has 0 aromatic heterocycles. The van der Waals surface area contributed by atoms with Crippen LogP contribution in [0.15, 0.2) is 18.2 Å². The molecule has 1 aromatic carbocycles. The normalized spacial score (nSPS) is 19.3. The third-order valence-corrected chi connectivity index (χ3v) is 3.64. The molecule has 3 heteroatoms. The maximum absolute atomic E-state index is 5.48. The summed E-state index contributed by atoms with van der Waals surface area (Å²) in [4.78, 5) is 0. The van der Waals surface area contributed by atoms with E-state index < -0.39 is 0 Å². The summed E-state index contributed by atoms with van der Waals surface area (Å²) < 4.78 is 5.48. The first kappa shape index (κ1) is 13.4. The predicted octanol–water partition coefficient (Wildman–Crippen LogP) is 1.75. The van der Waals surface area contributed by atoms with E-state index in [-0.39, 0.29) is 5.41 Å². The van der Waals surface area contributed by atoms with Crippen LogP contribution in [-0.2, 0) is 6.42 Å². The van der Waals surface area contributed by atoms with Crippen LogP contribution in [0.2, 0.25) is 0 Å². The lowest BCUT2D eigenvalue weighted by molar-refractivity contribution is 0.308. The topological polar surface area (TPSA) is 33.3 Å². The molecule has 0 saturated carbocycles. The van der Waals surface area contributed by atoms with Crippen molar-refractivity contribution in [2.24, 2.45) is 5.41 Å². The lowest BCUT2D eigenvalue weighted by atomic mass is 9.83. The first-order valence-electron chi connectivity index (χ1n) is 6.68. The molecule has 3 nitrogen and oxygen atoms in total. The Bertz CT molecular complexity index is 395. The molecule has 0 radical (unpaired) electrons. The minimum atomic E-state index is 0.248. The van der Waals surface area contributed by atoms with E-state index in [9.17, 15) is 0 Å². The molecule has 2 N–H and O–H groups in total. The van der Waals surface area contributed by atoms with Crippen LogP contribution in [0.1, 0.15) is 18.1 Å². The number of benzene rings is 1. The smallest absolute Gasteiger partial charge is 0.122 e. The van der Waals surface area contributed by atoms with Gasteiger partial charge in [-0.2, -0.15) is 0 Å². The standard InChI is InChI=1S/C15H24N2O/c1-12-4-5-14(18-3)13(8-12)9-15(2)10-16-6-7-17-11-15/h4-5,8,16-17H,6-7,9-11H2,1-3H3. The minimum absolute atomic E-state index is 0.248. The average molecular weight is 248 g/mol. The van der Waals surface area contributed by atoms with Crippen LogP contribution in [0.5, 0.6) is 5.75 Å². The number of hydrogen-bond donors (Lipinski definition) is 2. The molecule has 100 valence electrons. The van der Waals surface area contributed by atoms with Crippen molar-refractivity contribution in [3.63, 3.8) is 0 Å². The molecule has 0 aliphatic carbocycles. The van der Waals surface area contributed by atoms with Crippen molar-refractivity contribution in [1.82, 2.24) is 10.6 Å². The summed E-state index contributed by atoms with van der Waals surface area (Å²) in [6, 6.07) is 6.43. The molecule has 18 heavy (non-hydrogen) atoms. The zero-order valence-corrected chi connectivity index (χ0v) is 11.7. The van der Waals surface area contributed by atoms with Crippen LogP contribution in [0.3, 0.4) is 0 Å². The highest BCUT2D eigenvalue weighted by Crippen LogP contribution is 2.28. The fourth-order valence-electron chi connectivity index (χ4n) is 2.65. The Hall–Kier alpha value is -1.06. The van der Waals surface area contributed by atoms with Crippen molar-refractivity contribution in [3.8, 4) is 5.75 Å². The SMILES string of the molecule is COc1ccc(C)cc1CC1(C)CNCCNC1. The number of ether oxygens (including phenoxy) is 1. The van der Waals surface area contributed by atoms with E-state index in [0.717, 1.165) is 38.3 Å². The summed E-state index contributed by atoms with van der Waals surface area (Å²) in [5.41, 5.74) is 2.85. The van der Waals surface area contributed by atoms with Gasteiger partial charge in [0.05, 0.1) is 7.11 Å². The van der Waals surface area contributed by atoms with E-state index in [4.69, 9.17) is 4.74 Å². The van der Waals surface area contributed by atoms with Crippen LogP contribution in [0.4, 0.5) is 0 Å². The van der Waals surface area contributed by atoms with Gasteiger partial charge < -0.3 is 15.4 Å². The third kappa shape index (κ3) is 3.24. The van der Waals surface area contributed by atoms with Gasteiger partial charge in [-0.25, -0.2) is 0 Å². The maximum Gasteiger partial charge on any atom is 0.122 e. The van der Waals surface area contributed by atoms with E-state index >= 15 is 0 Å². The quantitative estimate of drug-likeness (QED) is 0.855. The van der Waals surface area contributed by atoms with Gasteiger partial charge in [-0.1, -0.05) is 24.6 Å². The summed E-state index contributed by atoms with van der Waals surface area (Å²) in [7, 11) is 1.75. The van der Waals surface area contributed by atoms with Crippen molar-refractivity contribution in [2.75, 3.05) is 33.3 Å². The van der Waals surface area contributed by atoms with Gasteiger partial charge >= 0.3 is 0 Å². The lowest BCUT2D eigenvalue weighted by Crippen LogP contribution is -2.37. The van der Waals surface area contributed by atoms with Crippen LogP contribution < -0.4 is 15.4 Å². The van der Waals surface area contributed by atoms with Gasteiger partial charge in [-0.05, 0) is 30.4 Å². The number of aryl methyl sites for hydroxylation is 1. The summed E-state index contributed by atoms with van der Waals surface area (Å²) in [5.74, 6) is 1.01. The van der Waals surface area contributed by atoms with Crippen LogP contribution in [-0.4, -0.2) is 33.3 Å². The van der Waals surface area contributed by atoms with Gasteiger partial charge in [0.15, 0.2) is 0 Å². The van der Waals surface area contributed by atoms with Crippen LogP contribution in [0.25, 0.3) is 0 Å². The van der Waals surface area contributed by atoms with Crippen molar-refractivity contribution in [1.29, 1.82) is 0 Å². The molecule has 0 spiro atoms. The van der Waals surface area contributed by atoms with Crippen molar-refractivity contribution in [3.05, 3.63) is 29.3 Å². The van der Waals surface area contributed by atoms with Gasteiger partial charge in [0.2, 0.25) is 0 Å². The first-order chi connectivity index (χ1) is 8.63. The molecule has 1 aliphatic heterocycles. The second kappa shape index (κ2) is 5.72. The molecule has 1 heterocycles. The van der Waals surface area contributed by atoms with Gasteiger partial charge in [-0.3, -0.25) is 0 Å². The molecular formula is C15H24N2O. The first-order valence-corrected chi connectivity index (χ1v) is 6.68. The molecule has 0 unspecified atom stereocenters. The highest BCUT2D eigenvalue weighted by atomic mass is 16.5. The molecule has 1 fully saturated rings. The van der Waals surface area contributed by atoms with Gasteiger partial charge in [0.25, 0.3) is 0 Å². The third-order valence-electron chi connectivity index (χ3n) is 3.64. The lowest BCUT2D eigenvalue weighted by Gasteiger charge is -2.29. The van der Waals surface area contributed by atoms with Gasteiger partial charge in [-0.15, -0.1) is 0 Å². The molecule has 2 rings (SSSR count). The molecule has 0 amide bonds. The van der Waals surface area contributed by atoms with Crippen molar-refractivity contribution < 1.29 is 4.74 Å². The predicted molar refractivity (Wildman–Crippen MR) is 75.3 cm³/mol. The van der Waals surface area contributed by atoms with Gasteiger partial charge in [0, 0.05) is 26.2 Å². The fourth-order valence-corrected chi connectivity index (χ4v) is 2.65. The van der Waals surface area contributed by atoms with E-state index in [1.165, 1.54) is 11.1 Å². The summed E-state index contributed by atoms with van der Waals surface area (Å²) in [5, 5.41) is 7.01. The number of hydrogen-bond acceptors (Lipinski definition) is 3. The van der Waals surface area contributed by atoms with E-state index in [2.05, 4.69) is 42.7 Å². The van der Waals surface area contributed by atoms with Crippen molar-refractivity contribution in [2.45, 2.75) is 20.3 Å².